The van der Waals surface area contributed by atoms with Crippen molar-refractivity contribution in [1.29, 1.82) is 0 Å². The van der Waals surface area contributed by atoms with Gasteiger partial charge in [0, 0.05) is 12.7 Å². The van der Waals surface area contributed by atoms with E-state index in [0.29, 0.717) is 10.7 Å². The lowest BCUT2D eigenvalue weighted by Crippen LogP contribution is -2.07. The molecule has 96 valence electrons. The van der Waals surface area contributed by atoms with Crippen LogP contribution in [0.25, 0.3) is 15.4 Å². The molecule has 0 aliphatic heterocycles. The Balaban J connectivity index is 2.18. The molecule has 3 N–H and O–H groups in total. The zero-order valence-corrected chi connectivity index (χ0v) is 10.7. The molecule has 2 aromatic heterocycles. The molecule has 19 heavy (non-hydrogen) atoms. The number of aromatic carboxylic acids is 1. The number of carboxylic acid groups (broad SMARTS) is 1. The molecule has 0 amide bonds. The number of imidazole rings is 1. The van der Waals surface area contributed by atoms with Crippen molar-refractivity contribution in [2.24, 2.45) is 5.73 Å². The van der Waals surface area contributed by atoms with Crippen LogP contribution >= 0.6 is 11.3 Å². The lowest BCUT2D eigenvalue weighted by atomic mass is 10.2. The van der Waals surface area contributed by atoms with Gasteiger partial charge >= 0.3 is 5.97 Å². The van der Waals surface area contributed by atoms with Crippen molar-refractivity contribution >= 4 is 22.3 Å². The molecule has 0 spiro atoms. The number of nitrogens with two attached hydrogens (primary N) is 1. The highest BCUT2D eigenvalue weighted by Gasteiger charge is 2.19. The first kappa shape index (κ1) is 11.9. The second-order valence-corrected chi connectivity index (χ2v) is 5.04. The first-order valence-corrected chi connectivity index (χ1v) is 6.52. The molecule has 0 saturated heterocycles. The van der Waals surface area contributed by atoms with E-state index in [2.05, 4.69) is 4.98 Å². The van der Waals surface area contributed by atoms with Gasteiger partial charge in [0.15, 0.2) is 10.7 Å². The maximum Gasteiger partial charge on any atom is 0.356 e. The molecular weight excluding hydrogens is 262 g/mol. The van der Waals surface area contributed by atoms with Crippen LogP contribution in [-0.2, 0) is 6.54 Å². The van der Waals surface area contributed by atoms with Crippen LogP contribution < -0.4 is 5.73 Å². The van der Waals surface area contributed by atoms with Crippen LogP contribution in [-0.4, -0.2) is 20.5 Å². The Kier molecular flexibility index (Phi) is 2.81. The fourth-order valence-electron chi connectivity index (χ4n) is 1.99. The van der Waals surface area contributed by atoms with Crippen molar-refractivity contribution in [3.63, 3.8) is 0 Å². The van der Waals surface area contributed by atoms with Crippen molar-refractivity contribution in [2.75, 3.05) is 0 Å². The van der Waals surface area contributed by atoms with Crippen LogP contribution in [0.3, 0.4) is 0 Å². The average molecular weight is 273 g/mol. The number of nitrogens with zero attached hydrogens (tertiary/aromatic N) is 2. The molecule has 0 bridgehead atoms. The summed E-state index contributed by atoms with van der Waals surface area (Å²) in [7, 11) is 0. The number of carbonyl (C=O) groups is 1. The maximum atomic E-state index is 11.1. The van der Waals surface area contributed by atoms with Gasteiger partial charge in [0.2, 0.25) is 0 Å². The summed E-state index contributed by atoms with van der Waals surface area (Å²) in [6.45, 7) is 0.147. The van der Waals surface area contributed by atoms with Gasteiger partial charge in [-0.2, -0.15) is 0 Å². The van der Waals surface area contributed by atoms with E-state index in [-0.39, 0.29) is 12.2 Å². The van der Waals surface area contributed by atoms with Crippen molar-refractivity contribution in [3.8, 4) is 10.4 Å². The van der Waals surface area contributed by atoms with Gasteiger partial charge in [0.25, 0.3) is 0 Å². The van der Waals surface area contributed by atoms with E-state index < -0.39 is 5.97 Å². The van der Waals surface area contributed by atoms with Crippen molar-refractivity contribution in [2.45, 2.75) is 6.54 Å². The summed E-state index contributed by atoms with van der Waals surface area (Å²) >= 11 is 1.45. The summed E-state index contributed by atoms with van der Waals surface area (Å²) in [6.07, 6.45) is 1.89. The van der Waals surface area contributed by atoms with E-state index in [1.165, 1.54) is 11.3 Å². The molecule has 0 atom stereocenters. The van der Waals surface area contributed by atoms with E-state index >= 15 is 0 Å². The largest absolute Gasteiger partial charge is 0.476 e. The van der Waals surface area contributed by atoms with Gasteiger partial charge in [-0.05, 0) is 5.56 Å². The molecule has 0 unspecified atom stereocenters. The van der Waals surface area contributed by atoms with Gasteiger partial charge in [0.1, 0.15) is 0 Å². The molecule has 3 rings (SSSR count). The lowest BCUT2D eigenvalue weighted by molar-refractivity contribution is 0.0690. The average Bonchev–Trinajstić information content (AvgIpc) is 2.96. The third kappa shape index (κ3) is 1.91. The van der Waals surface area contributed by atoms with Crippen molar-refractivity contribution < 1.29 is 9.90 Å². The van der Waals surface area contributed by atoms with Crippen LogP contribution in [0, 0.1) is 0 Å². The summed E-state index contributed by atoms with van der Waals surface area (Å²) < 4.78 is 1.76. The van der Waals surface area contributed by atoms with E-state index in [9.17, 15) is 4.79 Å². The van der Waals surface area contributed by atoms with Crippen LogP contribution in [0.15, 0.2) is 36.5 Å². The van der Waals surface area contributed by atoms with Gasteiger partial charge in [-0.25, -0.2) is 9.78 Å². The minimum Gasteiger partial charge on any atom is -0.476 e. The normalized spacial score (nSPS) is 11.0. The monoisotopic (exact) mass is 273 g/mol. The van der Waals surface area contributed by atoms with Crippen molar-refractivity contribution in [1.82, 2.24) is 9.38 Å². The van der Waals surface area contributed by atoms with Crippen molar-refractivity contribution in [3.05, 3.63) is 47.9 Å². The number of benzene rings is 1. The molecule has 2 heterocycles. The molecule has 0 fully saturated rings. The second-order valence-electron chi connectivity index (χ2n) is 4.03. The zero-order valence-electron chi connectivity index (χ0n) is 9.91. The quantitative estimate of drug-likeness (QED) is 0.766. The fraction of sp³-hybridized carbons (Fsp3) is 0.0769. The summed E-state index contributed by atoms with van der Waals surface area (Å²) in [6, 6.07) is 9.89. The predicted octanol–water partition coefficient (Wildman–Crippen LogP) is 2.22. The summed E-state index contributed by atoms with van der Waals surface area (Å²) in [5.74, 6) is -1.04. The third-order valence-electron chi connectivity index (χ3n) is 2.88. The number of fused-ring (bicyclic) bond motifs is 1. The highest BCUT2D eigenvalue weighted by molar-refractivity contribution is 7.20. The van der Waals surface area contributed by atoms with E-state index in [1.54, 1.807) is 4.40 Å². The van der Waals surface area contributed by atoms with Gasteiger partial charge in [-0.1, -0.05) is 41.7 Å². The summed E-state index contributed by atoms with van der Waals surface area (Å²) in [4.78, 5) is 16.9. The maximum absolute atomic E-state index is 11.1. The Bertz CT molecular complexity index is 746. The first-order chi connectivity index (χ1) is 9.20. The molecule has 1 aromatic carbocycles. The predicted molar refractivity (Wildman–Crippen MR) is 73.4 cm³/mol. The van der Waals surface area contributed by atoms with Crippen LogP contribution in [0.4, 0.5) is 0 Å². The first-order valence-electron chi connectivity index (χ1n) is 5.70. The van der Waals surface area contributed by atoms with E-state index in [4.69, 9.17) is 10.8 Å². The summed E-state index contributed by atoms with van der Waals surface area (Å²) in [5.41, 5.74) is 7.27. The zero-order chi connectivity index (χ0) is 13.4. The highest BCUT2D eigenvalue weighted by atomic mass is 32.1. The van der Waals surface area contributed by atoms with E-state index in [0.717, 1.165) is 10.4 Å². The number of hydrogen-bond acceptors (Lipinski definition) is 4. The Hall–Kier alpha value is -2.18. The van der Waals surface area contributed by atoms with Gasteiger partial charge in [-0.15, -0.1) is 0 Å². The van der Waals surface area contributed by atoms with E-state index in [1.807, 2.05) is 36.5 Å². The number of aromatic nitrogens is 2. The molecule has 0 radical (unpaired) electrons. The summed E-state index contributed by atoms with van der Waals surface area (Å²) in [5, 5.41) is 9.08. The Morgan fingerprint density at radius 3 is 2.74 bits per heavy atom. The fourth-order valence-corrected chi connectivity index (χ4v) is 3.00. The molecule has 0 aliphatic rings. The third-order valence-corrected chi connectivity index (χ3v) is 3.91. The molecule has 0 saturated carbocycles. The Labute approximate surface area is 112 Å². The second kappa shape index (κ2) is 4.49. The smallest absolute Gasteiger partial charge is 0.356 e. The van der Waals surface area contributed by atoms with Gasteiger partial charge in [-0.3, -0.25) is 4.40 Å². The van der Waals surface area contributed by atoms with Crippen LogP contribution in [0.5, 0.6) is 0 Å². The number of carboxylic acids is 1. The Morgan fingerprint density at radius 2 is 2.11 bits per heavy atom. The molecule has 0 aliphatic carbocycles. The van der Waals surface area contributed by atoms with Gasteiger partial charge in [0.05, 0.1) is 10.6 Å². The van der Waals surface area contributed by atoms with Gasteiger partial charge < -0.3 is 10.8 Å². The minimum atomic E-state index is -1.04. The van der Waals surface area contributed by atoms with Crippen LogP contribution in [0.2, 0.25) is 0 Å². The molecule has 5 nitrogen and oxygen atoms in total. The number of hydrogen-bond donors (Lipinski definition) is 2. The lowest BCUT2D eigenvalue weighted by Gasteiger charge is -1.97. The Morgan fingerprint density at radius 1 is 1.37 bits per heavy atom. The topological polar surface area (TPSA) is 80.6 Å². The number of thiazole rings is 1. The number of rotatable bonds is 3. The SMILES string of the molecule is NCc1c(C(=O)O)nc2sc(-c3ccccc3)cn12. The molecule has 3 aromatic rings. The standard InChI is InChI=1S/C13H11N3O2S/c14-6-9-11(12(17)18)15-13-16(9)7-10(19-13)8-4-2-1-3-5-8/h1-5,7H,6,14H2,(H,17,18). The minimum absolute atomic E-state index is 0.0355. The molecular formula is C13H11N3O2S. The molecule has 6 heteroatoms. The van der Waals surface area contributed by atoms with Crippen LogP contribution in [0.1, 0.15) is 16.2 Å². The highest BCUT2D eigenvalue weighted by Crippen LogP contribution is 2.29.